The number of hydrogen-bond donors (Lipinski definition) is 1. The standard InChI is InChI=1S/C15H21N5O2S2/c1-10(2)7-12-18-19-15(24-12)17-14(21)11-9-23-13(16-11)8-20-3-5-22-6-4-20/h9-10H,3-8H2,1-2H3,(H,17,19,21). The smallest absolute Gasteiger partial charge is 0.276 e. The third-order valence-electron chi connectivity index (χ3n) is 3.52. The van der Waals surface area contributed by atoms with Crippen molar-refractivity contribution >= 4 is 33.7 Å². The van der Waals surface area contributed by atoms with Crippen molar-refractivity contribution in [1.82, 2.24) is 20.1 Å². The Morgan fingerprint density at radius 2 is 2.12 bits per heavy atom. The lowest BCUT2D eigenvalue weighted by Gasteiger charge is -2.25. The fourth-order valence-electron chi connectivity index (χ4n) is 2.34. The third kappa shape index (κ3) is 4.79. The van der Waals surface area contributed by atoms with Gasteiger partial charge in [-0.25, -0.2) is 4.98 Å². The van der Waals surface area contributed by atoms with Gasteiger partial charge in [0.15, 0.2) is 0 Å². The van der Waals surface area contributed by atoms with Gasteiger partial charge >= 0.3 is 0 Å². The number of carbonyl (C=O) groups is 1. The van der Waals surface area contributed by atoms with E-state index in [1.165, 1.54) is 22.7 Å². The first-order valence-corrected chi connectivity index (χ1v) is 9.68. The van der Waals surface area contributed by atoms with E-state index in [2.05, 4.69) is 39.2 Å². The molecule has 3 rings (SSSR count). The Balaban J connectivity index is 1.56. The van der Waals surface area contributed by atoms with E-state index in [0.29, 0.717) is 16.7 Å². The van der Waals surface area contributed by atoms with Crippen LogP contribution in [0.2, 0.25) is 0 Å². The van der Waals surface area contributed by atoms with E-state index in [4.69, 9.17) is 4.74 Å². The molecule has 1 amide bonds. The van der Waals surface area contributed by atoms with Gasteiger partial charge in [-0.15, -0.1) is 21.5 Å². The molecule has 1 fully saturated rings. The van der Waals surface area contributed by atoms with Crippen LogP contribution in [0.1, 0.15) is 34.4 Å². The number of rotatable bonds is 6. The van der Waals surface area contributed by atoms with Crippen LogP contribution in [-0.4, -0.2) is 52.3 Å². The Morgan fingerprint density at radius 1 is 1.33 bits per heavy atom. The number of amides is 1. The second-order valence-corrected chi connectivity index (χ2v) is 8.07. The molecule has 1 N–H and O–H groups in total. The highest BCUT2D eigenvalue weighted by Crippen LogP contribution is 2.20. The Kier molecular flexibility index (Phi) is 5.88. The Hall–Kier alpha value is -1.42. The molecule has 9 heteroatoms. The van der Waals surface area contributed by atoms with Crippen LogP contribution in [0.4, 0.5) is 5.13 Å². The quantitative estimate of drug-likeness (QED) is 0.844. The largest absolute Gasteiger partial charge is 0.379 e. The van der Waals surface area contributed by atoms with Gasteiger partial charge in [-0.2, -0.15) is 0 Å². The molecular weight excluding hydrogens is 346 g/mol. The molecule has 0 saturated carbocycles. The number of aromatic nitrogens is 3. The first-order valence-electron chi connectivity index (χ1n) is 7.98. The second-order valence-electron chi connectivity index (χ2n) is 6.07. The van der Waals surface area contributed by atoms with E-state index >= 15 is 0 Å². The van der Waals surface area contributed by atoms with Gasteiger partial charge < -0.3 is 4.74 Å². The summed E-state index contributed by atoms with van der Waals surface area (Å²) in [5, 5.41) is 15.1. The first kappa shape index (κ1) is 17.4. The molecule has 130 valence electrons. The Bertz CT molecular complexity index is 679. The number of hydrogen-bond acceptors (Lipinski definition) is 8. The van der Waals surface area contributed by atoms with Crippen molar-refractivity contribution in [1.29, 1.82) is 0 Å². The van der Waals surface area contributed by atoms with Gasteiger partial charge in [0.2, 0.25) is 5.13 Å². The van der Waals surface area contributed by atoms with E-state index in [0.717, 1.165) is 49.3 Å². The summed E-state index contributed by atoms with van der Waals surface area (Å²) in [4.78, 5) is 19.0. The maximum absolute atomic E-state index is 12.3. The molecule has 2 aromatic heterocycles. The average Bonchev–Trinajstić information content (AvgIpc) is 3.17. The fourth-order valence-corrected chi connectivity index (χ4v) is 4.10. The van der Waals surface area contributed by atoms with Gasteiger partial charge in [-0.3, -0.25) is 15.0 Å². The zero-order valence-electron chi connectivity index (χ0n) is 13.8. The van der Waals surface area contributed by atoms with Crippen molar-refractivity contribution in [2.75, 3.05) is 31.6 Å². The highest BCUT2D eigenvalue weighted by molar-refractivity contribution is 7.15. The third-order valence-corrected chi connectivity index (χ3v) is 5.21. The minimum atomic E-state index is -0.230. The molecule has 24 heavy (non-hydrogen) atoms. The minimum Gasteiger partial charge on any atom is -0.379 e. The summed E-state index contributed by atoms with van der Waals surface area (Å²) in [5.41, 5.74) is 0.434. The van der Waals surface area contributed by atoms with E-state index in [1.807, 2.05) is 0 Å². The van der Waals surface area contributed by atoms with Crippen LogP contribution in [0, 0.1) is 5.92 Å². The molecule has 1 aliphatic heterocycles. The number of carbonyl (C=O) groups excluding carboxylic acids is 1. The van der Waals surface area contributed by atoms with Crippen LogP contribution in [0.15, 0.2) is 5.38 Å². The van der Waals surface area contributed by atoms with Gasteiger partial charge in [0.05, 0.1) is 19.8 Å². The normalized spacial score (nSPS) is 15.8. The Labute approximate surface area is 149 Å². The number of morpholine rings is 1. The highest BCUT2D eigenvalue weighted by atomic mass is 32.1. The molecular formula is C15H21N5O2S2. The number of nitrogens with one attached hydrogen (secondary N) is 1. The van der Waals surface area contributed by atoms with Crippen LogP contribution < -0.4 is 5.32 Å². The average molecular weight is 368 g/mol. The highest BCUT2D eigenvalue weighted by Gasteiger charge is 2.16. The zero-order chi connectivity index (χ0) is 16.9. The molecule has 1 aliphatic rings. The lowest BCUT2D eigenvalue weighted by molar-refractivity contribution is 0.0341. The number of nitrogens with zero attached hydrogens (tertiary/aromatic N) is 4. The van der Waals surface area contributed by atoms with Gasteiger partial charge in [0.25, 0.3) is 5.91 Å². The summed E-state index contributed by atoms with van der Waals surface area (Å²) >= 11 is 2.93. The summed E-state index contributed by atoms with van der Waals surface area (Å²) in [6.07, 6.45) is 0.869. The lowest BCUT2D eigenvalue weighted by Crippen LogP contribution is -2.35. The number of thiazole rings is 1. The topological polar surface area (TPSA) is 80.2 Å². The molecule has 3 heterocycles. The summed E-state index contributed by atoms with van der Waals surface area (Å²) in [6, 6.07) is 0. The van der Waals surface area contributed by atoms with Crippen molar-refractivity contribution in [3.05, 3.63) is 21.1 Å². The van der Waals surface area contributed by atoms with Crippen molar-refractivity contribution in [2.24, 2.45) is 5.92 Å². The van der Waals surface area contributed by atoms with Gasteiger partial charge in [0.1, 0.15) is 15.7 Å². The molecule has 0 bridgehead atoms. The van der Waals surface area contributed by atoms with Crippen LogP contribution in [0.3, 0.4) is 0 Å². The van der Waals surface area contributed by atoms with Gasteiger partial charge in [0, 0.05) is 24.9 Å². The number of ether oxygens (including phenoxy) is 1. The van der Waals surface area contributed by atoms with Crippen LogP contribution >= 0.6 is 22.7 Å². The van der Waals surface area contributed by atoms with Gasteiger partial charge in [-0.1, -0.05) is 25.2 Å². The monoisotopic (exact) mass is 367 g/mol. The maximum Gasteiger partial charge on any atom is 0.276 e. The summed E-state index contributed by atoms with van der Waals surface area (Å²) in [7, 11) is 0. The van der Waals surface area contributed by atoms with E-state index < -0.39 is 0 Å². The Morgan fingerprint density at radius 3 is 2.88 bits per heavy atom. The molecule has 0 unspecified atom stereocenters. The first-order chi connectivity index (χ1) is 11.6. The molecule has 0 atom stereocenters. The summed E-state index contributed by atoms with van der Waals surface area (Å²) in [6.45, 7) is 8.35. The molecule has 0 spiro atoms. The zero-order valence-corrected chi connectivity index (χ0v) is 15.5. The number of anilines is 1. The van der Waals surface area contributed by atoms with E-state index in [9.17, 15) is 4.79 Å². The minimum absolute atomic E-state index is 0.230. The second kappa shape index (κ2) is 8.11. The van der Waals surface area contributed by atoms with Crippen LogP contribution in [0.5, 0.6) is 0 Å². The van der Waals surface area contributed by atoms with Crippen LogP contribution in [-0.2, 0) is 17.7 Å². The van der Waals surface area contributed by atoms with Crippen molar-refractivity contribution in [3.63, 3.8) is 0 Å². The van der Waals surface area contributed by atoms with Crippen molar-refractivity contribution < 1.29 is 9.53 Å². The lowest BCUT2D eigenvalue weighted by atomic mass is 10.1. The van der Waals surface area contributed by atoms with Crippen LogP contribution in [0.25, 0.3) is 0 Å². The summed E-state index contributed by atoms with van der Waals surface area (Å²) in [5.74, 6) is 0.287. The van der Waals surface area contributed by atoms with E-state index in [-0.39, 0.29) is 5.91 Å². The predicted octanol–water partition coefficient (Wildman–Crippen LogP) is 2.28. The molecule has 0 aliphatic carbocycles. The molecule has 1 saturated heterocycles. The SMILES string of the molecule is CC(C)Cc1nnc(NC(=O)c2csc(CN3CCOCC3)n2)s1. The van der Waals surface area contributed by atoms with E-state index in [1.54, 1.807) is 5.38 Å². The predicted molar refractivity (Wildman–Crippen MR) is 94.6 cm³/mol. The molecule has 2 aromatic rings. The maximum atomic E-state index is 12.3. The molecule has 7 nitrogen and oxygen atoms in total. The van der Waals surface area contributed by atoms with Crippen molar-refractivity contribution in [3.8, 4) is 0 Å². The fraction of sp³-hybridized carbons (Fsp3) is 0.600. The van der Waals surface area contributed by atoms with Gasteiger partial charge in [-0.05, 0) is 5.92 Å². The van der Waals surface area contributed by atoms with Crippen molar-refractivity contribution in [2.45, 2.75) is 26.8 Å². The molecule has 0 aromatic carbocycles. The summed E-state index contributed by atoms with van der Waals surface area (Å²) < 4.78 is 5.34. The molecule has 0 radical (unpaired) electrons.